The minimum atomic E-state index is -0.219. The molecule has 4 rings (SSSR count). The maximum atomic E-state index is 13.0. The molecule has 0 bridgehead atoms. The van der Waals surface area contributed by atoms with E-state index in [1.54, 1.807) is 54.5 Å². The van der Waals surface area contributed by atoms with Crippen LogP contribution in [-0.2, 0) is 6.42 Å². The van der Waals surface area contributed by atoms with E-state index in [0.717, 1.165) is 24.1 Å². The first-order chi connectivity index (χ1) is 14.6. The third kappa shape index (κ3) is 4.02. The highest BCUT2D eigenvalue weighted by atomic mass is 35.5. The Bertz CT molecular complexity index is 1100. The molecule has 1 heterocycles. The van der Waals surface area contributed by atoms with E-state index in [1.807, 2.05) is 24.3 Å². The van der Waals surface area contributed by atoms with Gasteiger partial charge in [0.1, 0.15) is 5.75 Å². The molecule has 152 valence electrons. The van der Waals surface area contributed by atoms with Gasteiger partial charge in [-0.15, -0.1) is 0 Å². The number of anilines is 2. The van der Waals surface area contributed by atoms with E-state index in [1.165, 1.54) is 0 Å². The summed E-state index contributed by atoms with van der Waals surface area (Å²) in [5.74, 6) is 0.311. The first-order valence-corrected chi connectivity index (χ1v) is 10.1. The second kappa shape index (κ2) is 8.59. The third-order valence-corrected chi connectivity index (χ3v) is 5.40. The molecule has 0 aromatic heterocycles. The number of ether oxygens (including phenoxy) is 1. The SMILES string of the molecule is COc1ccccc1NC(=O)c1ccc2c(c1)CCCN2C(=O)c1ccc(Cl)cc1. The lowest BCUT2D eigenvalue weighted by molar-refractivity contribution is 0.0984. The van der Waals surface area contributed by atoms with Gasteiger partial charge in [-0.3, -0.25) is 9.59 Å². The van der Waals surface area contributed by atoms with Crippen LogP contribution in [0.5, 0.6) is 5.75 Å². The van der Waals surface area contributed by atoms with E-state index in [9.17, 15) is 9.59 Å². The highest BCUT2D eigenvalue weighted by Gasteiger charge is 2.24. The maximum Gasteiger partial charge on any atom is 0.258 e. The fourth-order valence-corrected chi connectivity index (χ4v) is 3.77. The quantitative estimate of drug-likeness (QED) is 0.631. The first kappa shape index (κ1) is 20.0. The lowest BCUT2D eigenvalue weighted by atomic mass is 9.98. The van der Waals surface area contributed by atoms with E-state index in [2.05, 4.69) is 5.32 Å². The molecule has 0 unspecified atom stereocenters. The molecule has 0 saturated heterocycles. The molecule has 1 N–H and O–H groups in total. The second-order valence-electron chi connectivity index (χ2n) is 7.07. The Morgan fingerprint density at radius 1 is 1.00 bits per heavy atom. The molecule has 0 fully saturated rings. The Hall–Kier alpha value is -3.31. The Morgan fingerprint density at radius 3 is 2.50 bits per heavy atom. The summed E-state index contributed by atoms with van der Waals surface area (Å²) in [4.78, 5) is 27.5. The monoisotopic (exact) mass is 420 g/mol. The molecule has 30 heavy (non-hydrogen) atoms. The number of hydrogen-bond donors (Lipinski definition) is 1. The van der Waals surface area contributed by atoms with Crippen LogP contribution in [0.4, 0.5) is 11.4 Å². The summed E-state index contributed by atoms with van der Waals surface area (Å²) in [6.07, 6.45) is 1.65. The number of hydrogen-bond acceptors (Lipinski definition) is 3. The molecule has 1 aliphatic rings. The van der Waals surface area contributed by atoms with Crippen molar-refractivity contribution >= 4 is 34.8 Å². The van der Waals surface area contributed by atoms with Gasteiger partial charge in [0.15, 0.2) is 0 Å². The number of nitrogens with one attached hydrogen (secondary N) is 1. The molecule has 0 aliphatic carbocycles. The number of rotatable bonds is 4. The topological polar surface area (TPSA) is 58.6 Å². The van der Waals surface area contributed by atoms with Crippen molar-refractivity contribution in [2.24, 2.45) is 0 Å². The van der Waals surface area contributed by atoms with E-state index < -0.39 is 0 Å². The smallest absolute Gasteiger partial charge is 0.258 e. The van der Waals surface area contributed by atoms with Crippen molar-refractivity contribution in [1.82, 2.24) is 0 Å². The zero-order chi connectivity index (χ0) is 21.1. The van der Waals surface area contributed by atoms with Gasteiger partial charge in [-0.2, -0.15) is 0 Å². The van der Waals surface area contributed by atoms with Gasteiger partial charge in [0.2, 0.25) is 0 Å². The average molecular weight is 421 g/mol. The Balaban J connectivity index is 1.58. The molecule has 0 saturated carbocycles. The lowest BCUT2D eigenvalue weighted by Crippen LogP contribution is -2.35. The van der Waals surface area contributed by atoms with Crippen molar-refractivity contribution in [2.45, 2.75) is 12.8 Å². The zero-order valence-corrected chi connectivity index (χ0v) is 17.3. The van der Waals surface area contributed by atoms with Crippen molar-refractivity contribution < 1.29 is 14.3 Å². The minimum Gasteiger partial charge on any atom is -0.495 e. The van der Waals surface area contributed by atoms with Gasteiger partial charge >= 0.3 is 0 Å². The Morgan fingerprint density at radius 2 is 1.73 bits per heavy atom. The molecule has 6 heteroatoms. The number of aryl methyl sites for hydroxylation is 1. The summed E-state index contributed by atoms with van der Waals surface area (Å²) in [7, 11) is 1.57. The molecule has 0 spiro atoms. The van der Waals surface area contributed by atoms with Crippen LogP contribution in [0.1, 0.15) is 32.7 Å². The number of carbonyl (C=O) groups excluding carboxylic acids is 2. The fourth-order valence-electron chi connectivity index (χ4n) is 3.64. The second-order valence-corrected chi connectivity index (χ2v) is 7.50. The van der Waals surface area contributed by atoms with Crippen LogP contribution in [0, 0.1) is 0 Å². The van der Waals surface area contributed by atoms with E-state index in [0.29, 0.717) is 34.1 Å². The number of methoxy groups -OCH3 is 1. The van der Waals surface area contributed by atoms with Gasteiger partial charge in [-0.25, -0.2) is 0 Å². The highest BCUT2D eigenvalue weighted by molar-refractivity contribution is 6.30. The largest absolute Gasteiger partial charge is 0.495 e. The van der Waals surface area contributed by atoms with Crippen LogP contribution in [-0.4, -0.2) is 25.5 Å². The summed E-state index contributed by atoms with van der Waals surface area (Å²) in [5.41, 5.74) is 3.57. The van der Waals surface area contributed by atoms with Crippen molar-refractivity contribution in [2.75, 3.05) is 23.9 Å². The van der Waals surface area contributed by atoms with Gasteiger partial charge < -0.3 is 15.0 Å². The lowest BCUT2D eigenvalue weighted by Gasteiger charge is -2.30. The zero-order valence-electron chi connectivity index (χ0n) is 16.5. The normalized spacial score (nSPS) is 12.8. The van der Waals surface area contributed by atoms with Gasteiger partial charge in [-0.05, 0) is 73.0 Å². The van der Waals surface area contributed by atoms with Crippen molar-refractivity contribution in [3.05, 3.63) is 88.4 Å². The third-order valence-electron chi connectivity index (χ3n) is 5.15. The van der Waals surface area contributed by atoms with Crippen LogP contribution in [0.3, 0.4) is 0 Å². The van der Waals surface area contributed by atoms with Crippen LogP contribution in [0.15, 0.2) is 66.7 Å². The van der Waals surface area contributed by atoms with Crippen LogP contribution in [0.25, 0.3) is 0 Å². The summed E-state index contributed by atoms with van der Waals surface area (Å²) >= 11 is 5.94. The molecule has 0 radical (unpaired) electrons. The summed E-state index contributed by atoms with van der Waals surface area (Å²) in [6, 6.07) is 19.6. The van der Waals surface area contributed by atoms with Crippen molar-refractivity contribution in [3.63, 3.8) is 0 Å². The molecular weight excluding hydrogens is 400 g/mol. The molecule has 2 amide bonds. The molecule has 3 aromatic rings. The van der Waals surface area contributed by atoms with Crippen LogP contribution >= 0.6 is 11.6 Å². The minimum absolute atomic E-state index is 0.0705. The van der Waals surface area contributed by atoms with E-state index >= 15 is 0 Å². The van der Waals surface area contributed by atoms with E-state index in [-0.39, 0.29) is 11.8 Å². The van der Waals surface area contributed by atoms with Crippen LogP contribution in [0.2, 0.25) is 5.02 Å². The number of amides is 2. The summed E-state index contributed by atoms with van der Waals surface area (Å²) in [5, 5.41) is 3.49. The predicted octanol–water partition coefficient (Wildman–Crippen LogP) is 5.19. The van der Waals surface area contributed by atoms with Gasteiger partial charge in [-0.1, -0.05) is 23.7 Å². The molecule has 1 aliphatic heterocycles. The van der Waals surface area contributed by atoms with Crippen molar-refractivity contribution in [1.29, 1.82) is 0 Å². The number of halogens is 1. The Labute approximate surface area is 180 Å². The molecular formula is C24H21ClN2O3. The van der Waals surface area contributed by atoms with Crippen LogP contribution < -0.4 is 15.0 Å². The first-order valence-electron chi connectivity index (χ1n) is 9.71. The predicted molar refractivity (Wildman–Crippen MR) is 119 cm³/mol. The number of para-hydroxylation sites is 2. The number of fused-ring (bicyclic) bond motifs is 1. The highest BCUT2D eigenvalue weighted by Crippen LogP contribution is 2.30. The maximum absolute atomic E-state index is 13.0. The fraction of sp³-hybridized carbons (Fsp3) is 0.167. The Kier molecular flexibility index (Phi) is 5.72. The number of nitrogens with zero attached hydrogens (tertiary/aromatic N) is 1. The molecule has 5 nitrogen and oxygen atoms in total. The standard InChI is InChI=1S/C24H21ClN2O3/c1-30-22-7-3-2-6-20(22)26-23(28)18-10-13-21-17(15-18)5-4-14-27(21)24(29)16-8-11-19(25)12-9-16/h2-3,6-13,15H,4-5,14H2,1H3,(H,26,28). The molecule has 0 atom stereocenters. The van der Waals surface area contributed by atoms with Gasteiger partial charge in [0.05, 0.1) is 12.8 Å². The summed E-state index contributed by atoms with van der Waals surface area (Å²) in [6.45, 7) is 0.640. The summed E-state index contributed by atoms with van der Waals surface area (Å²) < 4.78 is 5.30. The van der Waals surface area contributed by atoms with Crippen molar-refractivity contribution in [3.8, 4) is 5.75 Å². The number of benzene rings is 3. The van der Waals surface area contributed by atoms with Gasteiger partial charge in [0.25, 0.3) is 11.8 Å². The molecule has 3 aromatic carbocycles. The van der Waals surface area contributed by atoms with Gasteiger partial charge in [0, 0.05) is 28.4 Å². The number of carbonyl (C=O) groups is 2. The average Bonchev–Trinajstić information content (AvgIpc) is 2.78. The van der Waals surface area contributed by atoms with E-state index in [4.69, 9.17) is 16.3 Å².